The number of methoxy groups -OCH3 is 1. The van der Waals surface area contributed by atoms with E-state index in [0.29, 0.717) is 5.82 Å². The molecule has 1 aromatic heterocycles. The number of hydrogen-bond acceptors (Lipinski definition) is 4. The number of aromatic amines is 1. The molecule has 1 aliphatic heterocycles. The number of H-pyrrole nitrogens is 1. The fourth-order valence-corrected chi connectivity index (χ4v) is 3.75. The van der Waals surface area contributed by atoms with Crippen LogP contribution < -0.4 is 9.64 Å². The Balaban J connectivity index is 1.76. The molecule has 1 aliphatic rings. The molecule has 0 spiro atoms. The second-order valence-corrected chi connectivity index (χ2v) is 6.41. The lowest BCUT2D eigenvalue weighted by Crippen LogP contribution is -2.39. The van der Waals surface area contributed by atoms with Gasteiger partial charge in [-0.15, -0.1) is 0 Å². The van der Waals surface area contributed by atoms with Crippen molar-refractivity contribution in [2.75, 3.05) is 23.5 Å². The Morgan fingerprint density at radius 1 is 1.39 bits per heavy atom. The van der Waals surface area contributed by atoms with Crippen molar-refractivity contribution in [1.29, 1.82) is 0 Å². The monoisotopic (exact) mass is 329 g/mol. The lowest BCUT2D eigenvalue weighted by molar-refractivity contribution is -0.114. The first-order chi connectivity index (χ1) is 11.3. The molecule has 1 amide bonds. The van der Waals surface area contributed by atoms with Gasteiger partial charge in [-0.25, -0.2) is 0 Å². The highest BCUT2D eigenvalue weighted by atomic mass is 32.2. The maximum Gasteiger partial charge on any atom is 0.252 e. The van der Waals surface area contributed by atoms with Gasteiger partial charge in [-0.05, 0) is 35.9 Å². The Kier molecular flexibility index (Phi) is 5.02. The predicted molar refractivity (Wildman–Crippen MR) is 93.8 cm³/mol. The van der Waals surface area contributed by atoms with Crippen LogP contribution in [0.5, 0.6) is 5.75 Å². The summed E-state index contributed by atoms with van der Waals surface area (Å²) in [6.45, 7) is 0. The minimum Gasteiger partial charge on any atom is -0.497 e. The first-order valence-corrected chi connectivity index (χ1v) is 8.66. The summed E-state index contributed by atoms with van der Waals surface area (Å²) in [5.41, 5.74) is 0.960. The molecule has 2 aromatic rings. The van der Waals surface area contributed by atoms with E-state index in [0.717, 1.165) is 29.2 Å². The van der Waals surface area contributed by atoms with Crippen LogP contribution in [-0.2, 0) is 4.79 Å². The molecule has 0 radical (unpaired) electrons. The lowest BCUT2D eigenvalue weighted by Gasteiger charge is -2.25. The van der Waals surface area contributed by atoms with Crippen LogP contribution in [0.2, 0.25) is 0 Å². The Hall–Kier alpha value is -2.21. The Bertz CT molecular complexity index is 662. The normalized spacial score (nSPS) is 17.5. The molecule has 3 rings (SSSR count). The summed E-state index contributed by atoms with van der Waals surface area (Å²) < 4.78 is 5.14. The highest BCUT2D eigenvalue weighted by Crippen LogP contribution is 2.26. The van der Waals surface area contributed by atoms with Crippen molar-refractivity contribution in [2.24, 2.45) is 0 Å². The highest BCUT2D eigenvalue weighted by molar-refractivity contribution is 7.99. The standard InChI is InChI=1S/C17H19N3O2S/c1-22-15-5-2-13(3-6-15)4-7-17(21)20(14-9-11-23-12-14)16-8-10-18-19-16/h2-8,10,14H,9,11-12H2,1H3,(H,18,19)/b7-4+. The van der Waals surface area contributed by atoms with Crippen LogP contribution in [0.4, 0.5) is 5.82 Å². The molecule has 1 saturated heterocycles. The minimum absolute atomic E-state index is 0.0413. The average Bonchev–Trinajstić information content (AvgIpc) is 3.28. The van der Waals surface area contributed by atoms with E-state index in [-0.39, 0.29) is 11.9 Å². The summed E-state index contributed by atoms with van der Waals surface area (Å²) in [6, 6.07) is 9.64. The molecule has 120 valence electrons. The summed E-state index contributed by atoms with van der Waals surface area (Å²) in [5.74, 6) is 3.48. The number of benzene rings is 1. The number of rotatable bonds is 5. The summed E-state index contributed by atoms with van der Waals surface area (Å²) in [4.78, 5) is 14.5. The molecule has 1 N–H and O–H groups in total. The van der Waals surface area contributed by atoms with Gasteiger partial charge in [0.05, 0.1) is 7.11 Å². The van der Waals surface area contributed by atoms with Gasteiger partial charge in [-0.2, -0.15) is 16.9 Å². The van der Waals surface area contributed by atoms with Gasteiger partial charge in [0.15, 0.2) is 5.82 Å². The van der Waals surface area contributed by atoms with Gasteiger partial charge in [0.1, 0.15) is 5.75 Å². The number of carbonyl (C=O) groups excluding carboxylic acids is 1. The number of anilines is 1. The summed E-state index contributed by atoms with van der Waals surface area (Å²) in [5, 5.41) is 6.97. The van der Waals surface area contributed by atoms with E-state index in [9.17, 15) is 4.79 Å². The zero-order valence-electron chi connectivity index (χ0n) is 12.9. The van der Waals surface area contributed by atoms with E-state index in [4.69, 9.17) is 4.74 Å². The number of ether oxygens (including phenoxy) is 1. The van der Waals surface area contributed by atoms with Crippen molar-refractivity contribution >= 4 is 29.6 Å². The Morgan fingerprint density at radius 3 is 2.83 bits per heavy atom. The van der Waals surface area contributed by atoms with Gasteiger partial charge >= 0.3 is 0 Å². The number of nitrogens with zero attached hydrogens (tertiary/aromatic N) is 2. The molecule has 5 nitrogen and oxygen atoms in total. The van der Waals surface area contributed by atoms with Crippen molar-refractivity contribution in [3.8, 4) is 5.75 Å². The fourth-order valence-electron chi connectivity index (χ4n) is 2.56. The van der Waals surface area contributed by atoms with Crippen LogP contribution in [0.3, 0.4) is 0 Å². The quantitative estimate of drug-likeness (QED) is 0.857. The molecule has 1 fully saturated rings. The number of amides is 1. The van der Waals surface area contributed by atoms with Gasteiger partial charge in [-0.1, -0.05) is 12.1 Å². The highest BCUT2D eigenvalue weighted by Gasteiger charge is 2.28. The second kappa shape index (κ2) is 7.37. The van der Waals surface area contributed by atoms with Crippen molar-refractivity contribution in [2.45, 2.75) is 12.5 Å². The van der Waals surface area contributed by atoms with Gasteiger partial charge in [0, 0.05) is 30.1 Å². The number of carbonyl (C=O) groups is 1. The molecule has 1 atom stereocenters. The van der Waals surface area contributed by atoms with Crippen LogP contribution >= 0.6 is 11.8 Å². The van der Waals surface area contributed by atoms with Crippen molar-refractivity contribution in [3.05, 3.63) is 48.2 Å². The number of aromatic nitrogens is 2. The second-order valence-electron chi connectivity index (χ2n) is 5.26. The van der Waals surface area contributed by atoms with Crippen LogP contribution in [0.1, 0.15) is 12.0 Å². The number of hydrogen-bond donors (Lipinski definition) is 1. The first-order valence-electron chi connectivity index (χ1n) is 7.51. The molecule has 0 bridgehead atoms. The predicted octanol–water partition coefficient (Wildman–Crippen LogP) is 2.97. The van der Waals surface area contributed by atoms with E-state index < -0.39 is 0 Å². The molecule has 1 aromatic carbocycles. The minimum atomic E-state index is -0.0413. The number of nitrogens with one attached hydrogen (secondary N) is 1. The van der Waals surface area contributed by atoms with Gasteiger partial charge < -0.3 is 4.74 Å². The topological polar surface area (TPSA) is 58.2 Å². The van der Waals surface area contributed by atoms with E-state index in [1.807, 2.05) is 48.2 Å². The van der Waals surface area contributed by atoms with Crippen molar-refractivity contribution < 1.29 is 9.53 Å². The molecule has 0 aliphatic carbocycles. The van der Waals surface area contributed by atoms with Crippen molar-refractivity contribution in [3.63, 3.8) is 0 Å². The molecular formula is C17H19N3O2S. The lowest BCUT2D eigenvalue weighted by atomic mass is 10.2. The van der Waals surface area contributed by atoms with Crippen molar-refractivity contribution in [1.82, 2.24) is 10.2 Å². The third-order valence-corrected chi connectivity index (χ3v) is 4.92. The van der Waals surface area contributed by atoms with Crippen LogP contribution in [0, 0.1) is 0 Å². The largest absolute Gasteiger partial charge is 0.497 e. The maximum atomic E-state index is 12.7. The fraction of sp³-hybridized carbons (Fsp3) is 0.294. The van der Waals surface area contributed by atoms with Crippen LogP contribution in [0.25, 0.3) is 6.08 Å². The molecule has 2 heterocycles. The van der Waals surface area contributed by atoms with E-state index in [2.05, 4.69) is 10.2 Å². The molecule has 6 heteroatoms. The Morgan fingerprint density at radius 2 is 2.22 bits per heavy atom. The zero-order valence-corrected chi connectivity index (χ0v) is 13.8. The maximum absolute atomic E-state index is 12.7. The molecule has 23 heavy (non-hydrogen) atoms. The smallest absolute Gasteiger partial charge is 0.252 e. The van der Waals surface area contributed by atoms with E-state index in [1.54, 1.807) is 24.3 Å². The van der Waals surface area contributed by atoms with Gasteiger partial charge in [0.2, 0.25) is 0 Å². The van der Waals surface area contributed by atoms with E-state index >= 15 is 0 Å². The average molecular weight is 329 g/mol. The SMILES string of the molecule is COc1ccc(/C=C/C(=O)N(c2cc[nH]n2)C2CCSC2)cc1. The van der Waals surface area contributed by atoms with Crippen LogP contribution in [-0.4, -0.2) is 40.8 Å². The van der Waals surface area contributed by atoms with Gasteiger partial charge in [-0.3, -0.25) is 14.8 Å². The third kappa shape index (κ3) is 3.76. The first kappa shape index (κ1) is 15.7. The Labute approximate surface area is 139 Å². The summed E-state index contributed by atoms with van der Waals surface area (Å²) in [7, 11) is 1.63. The molecule has 0 saturated carbocycles. The third-order valence-electron chi connectivity index (χ3n) is 3.78. The summed E-state index contributed by atoms with van der Waals surface area (Å²) >= 11 is 1.87. The van der Waals surface area contributed by atoms with E-state index in [1.165, 1.54) is 0 Å². The summed E-state index contributed by atoms with van der Waals surface area (Å²) in [6.07, 6.45) is 6.17. The van der Waals surface area contributed by atoms with Gasteiger partial charge in [0.25, 0.3) is 5.91 Å². The zero-order chi connectivity index (χ0) is 16.1. The molecule has 1 unspecified atom stereocenters. The van der Waals surface area contributed by atoms with Crippen LogP contribution in [0.15, 0.2) is 42.6 Å². The molecular weight excluding hydrogens is 310 g/mol. The number of thioether (sulfide) groups is 1.